The van der Waals surface area contributed by atoms with E-state index in [9.17, 15) is 9.59 Å². The summed E-state index contributed by atoms with van der Waals surface area (Å²) in [5.74, 6) is 1.74. The average molecular weight is 385 g/mol. The van der Waals surface area contributed by atoms with Gasteiger partial charge in [-0.15, -0.1) is 0 Å². The standard InChI is InChI=1S/C22H32N4O2/c1-16(27)26-11-6-5-9-20(26)22-23-14-18-15-25(12-10-19(18)24-22)21(28)13-17-7-3-2-4-8-17/h14,17,20H,2-13,15H2,1H3/t20-/m1/s1. The van der Waals surface area contributed by atoms with E-state index in [4.69, 9.17) is 4.98 Å². The second kappa shape index (κ2) is 8.58. The largest absolute Gasteiger partial charge is 0.338 e. The summed E-state index contributed by atoms with van der Waals surface area (Å²) in [6.07, 6.45) is 12.8. The molecule has 1 saturated carbocycles. The number of amides is 2. The van der Waals surface area contributed by atoms with Crippen LogP contribution in [-0.2, 0) is 22.6 Å². The van der Waals surface area contributed by atoms with Gasteiger partial charge in [0, 0.05) is 51.2 Å². The lowest BCUT2D eigenvalue weighted by Crippen LogP contribution is -2.39. The van der Waals surface area contributed by atoms with Gasteiger partial charge in [0.15, 0.2) is 5.82 Å². The van der Waals surface area contributed by atoms with Crippen LogP contribution in [-0.4, -0.2) is 44.7 Å². The monoisotopic (exact) mass is 384 g/mol. The lowest BCUT2D eigenvalue weighted by atomic mass is 9.86. The van der Waals surface area contributed by atoms with Crippen molar-refractivity contribution < 1.29 is 9.59 Å². The Kier molecular flexibility index (Phi) is 5.93. The number of nitrogens with zero attached hydrogens (tertiary/aromatic N) is 4. The van der Waals surface area contributed by atoms with Gasteiger partial charge >= 0.3 is 0 Å². The molecule has 0 unspecified atom stereocenters. The summed E-state index contributed by atoms with van der Waals surface area (Å²) in [5, 5.41) is 0. The second-order valence-corrected chi connectivity index (χ2v) is 8.70. The van der Waals surface area contributed by atoms with Crippen LogP contribution < -0.4 is 0 Å². The van der Waals surface area contributed by atoms with Gasteiger partial charge < -0.3 is 9.80 Å². The van der Waals surface area contributed by atoms with Gasteiger partial charge in [0.25, 0.3) is 0 Å². The fraction of sp³-hybridized carbons (Fsp3) is 0.727. The van der Waals surface area contributed by atoms with E-state index in [-0.39, 0.29) is 17.9 Å². The molecule has 2 aliphatic heterocycles. The van der Waals surface area contributed by atoms with Crippen LogP contribution in [0.3, 0.4) is 0 Å². The highest BCUT2D eigenvalue weighted by Crippen LogP contribution is 2.31. The van der Waals surface area contributed by atoms with E-state index in [1.807, 2.05) is 16.0 Å². The second-order valence-electron chi connectivity index (χ2n) is 8.70. The van der Waals surface area contributed by atoms with Crippen LogP contribution in [0.5, 0.6) is 0 Å². The van der Waals surface area contributed by atoms with Gasteiger partial charge in [-0.3, -0.25) is 9.59 Å². The smallest absolute Gasteiger partial charge is 0.223 e. The normalized spacial score (nSPS) is 23.4. The number of piperidine rings is 1. The molecule has 1 saturated heterocycles. The number of aromatic nitrogens is 2. The molecule has 4 rings (SSSR count). The summed E-state index contributed by atoms with van der Waals surface area (Å²) in [4.78, 5) is 38.1. The molecule has 0 bridgehead atoms. The first-order valence-corrected chi connectivity index (χ1v) is 11.0. The molecule has 3 heterocycles. The van der Waals surface area contributed by atoms with Crippen LogP contribution in [0.2, 0.25) is 0 Å². The number of carbonyl (C=O) groups excluding carboxylic acids is 2. The van der Waals surface area contributed by atoms with E-state index < -0.39 is 0 Å². The van der Waals surface area contributed by atoms with Crippen molar-refractivity contribution in [3.05, 3.63) is 23.3 Å². The van der Waals surface area contributed by atoms with E-state index in [0.29, 0.717) is 18.9 Å². The Labute approximate surface area is 167 Å². The summed E-state index contributed by atoms with van der Waals surface area (Å²) < 4.78 is 0. The SMILES string of the molecule is CC(=O)N1CCCC[C@@H]1c1ncc2c(n1)CCN(C(=O)CC1CCCCC1)C2. The Bertz CT molecular complexity index is 729. The molecule has 1 aromatic heterocycles. The Morgan fingerprint density at radius 2 is 1.86 bits per heavy atom. The summed E-state index contributed by atoms with van der Waals surface area (Å²) in [5.41, 5.74) is 2.12. The van der Waals surface area contributed by atoms with Crippen molar-refractivity contribution in [2.45, 2.75) is 83.7 Å². The molecule has 28 heavy (non-hydrogen) atoms. The zero-order valence-electron chi connectivity index (χ0n) is 17.0. The van der Waals surface area contributed by atoms with Crippen molar-refractivity contribution in [2.24, 2.45) is 5.92 Å². The third-order valence-corrected chi connectivity index (χ3v) is 6.70. The van der Waals surface area contributed by atoms with Gasteiger partial charge in [0.05, 0.1) is 11.7 Å². The van der Waals surface area contributed by atoms with Crippen LogP contribution in [0.15, 0.2) is 6.20 Å². The molecule has 152 valence electrons. The van der Waals surface area contributed by atoms with E-state index in [1.54, 1.807) is 6.92 Å². The summed E-state index contributed by atoms with van der Waals surface area (Å²) in [7, 11) is 0. The number of fused-ring (bicyclic) bond motifs is 1. The van der Waals surface area contributed by atoms with E-state index in [0.717, 1.165) is 55.9 Å². The molecular formula is C22H32N4O2. The third-order valence-electron chi connectivity index (χ3n) is 6.70. The van der Waals surface area contributed by atoms with Crippen molar-refractivity contribution in [2.75, 3.05) is 13.1 Å². The summed E-state index contributed by atoms with van der Waals surface area (Å²) in [6, 6.07) is 0.00233. The summed E-state index contributed by atoms with van der Waals surface area (Å²) in [6.45, 7) is 3.80. The van der Waals surface area contributed by atoms with Crippen molar-refractivity contribution >= 4 is 11.8 Å². The predicted octanol–water partition coefficient (Wildman–Crippen LogP) is 3.41. The Morgan fingerprint density at radius 1 is 1.07 bits per heavy atom. The highest BCUT2D eigenvalue weighted by atomic mass is 16.2. The molecule has 1 atom stereocenters. The van der Waals surface area contributed by atoms with E-state index in [2.05, 4.69) is 4.98 Å². The maximum Gasteiger partial charge on any atom is 0.223 e. The first-order chi connectivity index (χ1) is 13.6. The van der Waals surface area contributed by atoms with Gasteiger partial charge in [-0.25, -0.2) is 9.97 Å². The number of rotatable bonds is 3. The van der Waals surface area contributed by atoms with Crippen LogP contribution in [0.25, 0.3) is 0 Å². The quantitative estimate of drug-likeness (QED) is 0.801. The van der Waals surface area contributed by atoms with Crippen LogP contribution in [0.4, 0.5) is 0 Å². The van der Waals surface area contributed by atoms with Gasteiger partial charge in [0.2, 0.25) is 11.8 Å². The topological polar surface area (TPSA) is 66.4 Å². The van der Waals surface area contributed by atoms with E-state index in [1.165, 1.54) is 32.1 Å². The number of likely N-dealkylation sites (tertiary alicyclic amines) is 1. The van der Waals surface area contributed by atoms with Crippen LogP contribution >= 0.6 is 0 Å². The molecule has 6 nitrogen and oxygen atoms in total. The molecule has 0 radical (unpaired) electrons. The van der Waals surface area contributed by atoms with Crippen molar-refractivity contribution in [3.63, 3.8) is 0 Å². The minimum absolute atomic E-state index is 0.00233. The molecular weight excluding hydrogens is 352 g/mol. The minimum Gasteiger partial charge on any atom is -0.338 e. The number of carbonyl (C=O) groups is 2. The first-order valence-electron chi connectivity index (χ1n) is 11.0. The Hall–Kier alpha value is -1.98. The maximum atomic E-state index is 12.7. The molecule has 2 fully saturated rings. The van der Waals surface area contributed by atoms with Crippen LogP contribution in [0.1, 0.15) is 87.8 Å². The molecule has 1 aromatic rings. The molecule has 0 aromatic carbocycles. The van der Waals surface area contributed by atoms with Crippen LogP contribution in [0, 0.1) is 5.92 Å². The lowest BCUT2D eigenvalue weighted by Gasteiger charge is -2.35. The highest BCUT2D eigenvalue weighted by Gasteiger charge is 2.30. The van der Waals surface area contributed by atoms with Gasteiger partial charge in [0.1, 0.15) is 0 Å². The predicted molar refractivity (Wildman–Crippen MR) is 106 cm³/mol. The number of hydrogen-bond donors (Lipinski definition) is 0. The van der Waals surface area contributed by atoms with Crippen molar-refractivity contribution in [3.8, 4) is 0 Å². The summed E-state index contributed by atoms with van der Waals surface area (Å²) >= 11 is 0. The van der Waals surface area contributed by atoms with Crippen molar-refractivity contribution in [1.29, 1.82) is 0 Å². The molecule has 6 heteroatoms. The Balaban J connectivity index is 1.42. The fourth-order valence-corrected chi connectivity index (χ4v) is 5.05. The Morgan fingerprint density at radius 3 is 2.64 bits per heavy atom. The van der Waals surface area contributed by atoms with Gasteiger partial charge in [-0.2, -0.15) is 0 Å². The highest BCUT2D eigenvalue weighted by molar-refractivity contribution is 5.76. The maximum absolute atomic E-state index is 12.7. The van der Waals surface area contributed by atoms with E-state index >= 15 is 0 Å². The molecule has 3 aliphatic rings. The fourth-order valence-electron chi connectivity index (χ4n) is 5.05. The van der Waals surface area contributed by atoms with Gasteiger partial charge in [-0.1, -0.05) is 19.3 Å². The lowest BCUT2D eigenvalue weighted by molar-refractivity contribution is -0.134. The molecule has 0 spiro atoms. The first kappa shape index (κ1) is 19.3. The van der Waals surface area contributed by atoms with Gasteiger partial charge in [-0.05, 0) is 38.0 Å². The average Bonchev–Trinajstić information content (AvgIpc) is 2.73. The zero-order chi connectivity index (χ0) is 19.5. The molecule has 2 amide bonds. The van der Waals surface area contributed by atoms with Crippen molar-refractivity contribution in [1.82, 2.24) is 19.8 Å². The molecule has 1 aliphatic carbocycles. The zero-order valence-corrected chi connectivity index (χ0v) is 17.0. The number of hydrogen-bond acceptors (Lipinski definition) is 4. The molecule has 0 N–H and O–H groups in total. The third kappa shape index (κ3) is 4.20. The minimum atomic E-state index is 0.00233.